The van der Waals surface area contributed by atoms with E-state index in [0.29, 0.717) is 11.8 Å². The van der Waals surface area contributed by atoms with Crippen LogP contribution < -0.4 is 0 Å². The topological polar surface area (TPSA) is 40.5 Å². The number of rotatable bonds is 0. The highest BCUT2D eigenvalue weighted by Gasteiger charge is 2.58. The molecule has 2 fully saturated rings. The van der Waals surface area contributed by atoms with Crippen molar-refractivity contribution in [1.82, 2.24) is 0 Å². The molecule has 0 aliphatic heterocycles. The summed E-state index contributed by atoms with van der Waals surface area (Å²) in [4.78, 5) is 0. The van der Waals surface area contributed by atoms with Crippen molar-refractivity contribution in [2.24, 2.45) is 17.3 Å². The van der Waals surface area contributed by atoms with Gasteiger partial charge in [0.05, 0.1) is 12.2 Å². The van der Waals surface area contributed by atoms with Crippen molar-refractivity contribution in [3.05, 3.63) is 0 Å². The van der Waals surface area contributed by atoms with E-state index in [0.717, 1.165) is 12.8 Å². The van der Waals surface area contributed by atoms with Crippen molar-refractivity contribution in [2.45, 2.75) is 38.9 Å². The van der Waals surface area contributed by atoms with E-state index in [1.807, 2.05) is 0 Å². The third-order valence-corrected chi connectivity index (χ3v) is 3.87. The lowest BCUT2D eigenvalue weighted by molar-refractivity contribution is -0.0160. The highest BCUT2D eigenvalue weighted by atomic mass is 16.3. The summed E-state index contributed by atoms with van der Waals surface area (Å²) in [6.07, 6.45) is 1.28. The fourth-order valence-corrected chi connectivity index (χ4v) is 3.08. The minimum absolute atomic E-state index is 0.166. The molecule has 64 valence electrons. The van der Waals surface area contributed by atoms with Crippen LogP contribution in [0.4, 0.5) is 0 Å². The van der Waals surface area contributed by atoms with E-state index >= 15 is 0 Å². The van der Waals surface area contributed by atoms with Crippen LogP contribution in [0.2, 0.25) is 0 Å². The van der Waals surface area contributed by atoms with Crippen LogP contribution in [0.3, 0.4) is 0 Å². The molecule has 2 heteroatoms. The van der Waals surface area contributed by atoms with Crippen molar-refractivity contribution in [1.29, 1.82) is 0 Å². The Bertz CT molecular complexity index is 158. The molecule has 2 bridgehead atoms. The Hall–Kier alpha value is -0.0800. The van der Waals surface area contributed by atoms with Gasteiger partial charge in [0.2, 0.25) is 0 Å². The largest absolute Gasteiger partial charge is 0.390 e. The molecule has 2 saturated carbocycles. The lowest BCUT2D eigenvalue weighted by atomic mass is 9.82. The van der Waals surface area contributed by atoms with Gasteiger partial charge in [-0.1, -0.05) is 13.8 Å². The van der Waals surface area contributed by atoms with E-state index in [1.54, 1.807) is 0 Å². The Balaban J connectivity index is 2.31. The van der Waals surface area contributed by atoms with Gasteiger partial charge in [0, 0.05) is 0 Å². The van der Waals surface area contributed by atoms with Gasteiger partial charge in [-0.2, -0.15) is 0 Å². The molecule has 0 aromatic carbocycles. The number of aliphatic hydroxyl groups is 2. The van der Waals surface area contributed by atoms with Gasteiger partial charge in [-0.15, -0.1) is 0 Å². The lowest BCUT2D eigenvalue weighted by Crippen LogP contribution is -2.31. The van der Waals surface area contributed by atoms with Gasteiger partial charge in [0.15, 0.2) is 0 Å². The smallest absolute Gasteiger partial charge is 0.0835 e. The molecular weight excluding hydrogens is 140 g/mol. The van der Waals surface area contributed by atoms with E-state index in [4.69, 9.17) is 0 Å². The summed E-state index contributed by atoms with van der Waals surface area (Å²) in [5, 5.41) is 19.1. The van der Waals surface area contributed by atoms with Crippen molar-refractivity contribution in [3.8, 4) is 0 Å². The second-order valence-electron chi connectivity index (χ2n) is 4.59. The zero-order chi connectivity index (χ0) is 8.22. The molecule has 4 atom stereocenters. The van der Waals surface area contributed by atoms with Crippen LogP contribution in [0.15, 0.2) is 0 Å². The third-order valence-electron chi connectivity index (χ3n) is 3.87. The first kappa shape index (κ1) is 7.56. The predicted octanol–water partition coefficient (Wildman–Crippen LogP) is 0.774. The Morgan fingerprint density at radius 2 is 1.36 bits per heavy atom. The predicted molar refractivity (Wildman–Crippen MR) is 42.0 cm³/mol. The maximum Gasteiger partial charge on any atom is 0.0835 e. The summed E-state index contributed by atoms with van der Waals surface area (Å²) in [7, 11) is 0. The summed E-state index contributed by atoms with van der Waals surface area (Å²) in [6.45, 7) is 4.32. The van der Waals surface area contributed by atoms with Crippen molar-refractivity contribution < 1.29 is 10.2 Å². The number of hydrogen-bond donors (Lipinski definition) is 2. The average molecular weight is 156 g/mol. The first-order valence-electron chi connectivity index (χ1n) is 4.41. The third kappa shape index (κ3) is 0.744. The Morgan fingerprint density at radius 3 is 1.55 bits per heavy atom. The summed E-state index contributed by atoms with van der Waals surface area (Å²) in [5.41, 5.74) is 0.166. The van der Waals surface area contributed by atoms with Crippen LogP contribution in [0, 0.1) is 17.3 Å². The quantitative estimate of drug-likeness (QED) is 0.544. The fraction of sp³-hybridized carbons (Fsp3) is 1.00. The second-order valence-corrected chi connectivity index (χ2v) is 4.59. The van der Waals surface area contributed by atoms with Gasteiger partial charge in [-0.25, -0.2) is 0 Å². The van der Waals surface area contributed by atoms with E-state index < -0.39 is 12.2 Å². The maximum atomic E-state index is 9.57. The van der Waals surface area contributed by atoms with Crippen LogP contribution in [0.1, 0.15) is 26.7 Å². The number of fused-ring (bicyclic) bond motifs is 2. The molecule has 2 rings (SSSR count). The number of hydrogen-bond acceptors (Lipinski definition) is 2. The molecule has 2 aliphatic rings. The van der Waals surface area contributed by atoms with Gasteiger partial charge in [0.1, 0.15) is 0 Å². The van der Waals surface area contributed by atoms with Gasteiger partial charge in [-0.05, 0) is 30.1 Å². The SMILES string of the molecule is CC1(C)[C@H]2CC[C@H]1[C@H](O)[C@H]2O. The average Bonchev–Trinajstić information content (AvgIpc) is 2.27. The fourth-order valence-electron chi connectivity index (χ4n) is 3.08. The molecule has 0 saturated heterocycles. The Morgan fingerprint density at radius 1 is 1.00 bits per heavy atom. The molecule has 0 spiro atoms. The molecule has 0 unspecified atom stereocenters. The molecule has 0 amide bonds. The zero-order valence-corrected chi connectivity index (χ0v) is 7.12. The van der Waals surface area contributed by atoms with E-state index in [-0.39, 0.29) is 5.41 Å². The first-order chi connectivity index (χ1) is 5.05. The monoisotopic (exact) mass is 156 g/mol. The van der Waals surface area contributed by atoms with Gasteiger partial charge in [0.25, 0.3) is 0 Å². The van der Waals surface area contributed by atoms with Crippen LogP contribution >= 0.6 is 0 Å². The second kappa shape index (κ2) is 1.99. The molecule has 2 aliphatic carbocycles. The Labute approximate surface area is 67.2 Å². The van der Waals surface area contributed by atoms with Gasteiger partial charge in [-0.3, -0.25) is 0 Å². The molecule has 11 heavy (non-hydrogen) atoms. The molecule has 0 radical (unpaired) electrons. The summed E-state index contributed by atoms with van der Waals surface area (Å²) < 4.78 is 0. The maximum absolute atomic E-state index is 9.57. The molecule has 0 aromatic heterocycles. The minimum Gasteiger partial charge on any atom is -0.390 e. The van der Waals surface area contributed by atoms with Crippen molar-refractivity contribution >= 4 is 0 Å². The van der Waals surface area contributed by atoms with Crippen molar-refractivity contribution in [3.63, 3.8) is 0 Å². The standard InChI is InChI=1S/C9H16O2/c1-9(2)5-3-4-6(9)8(11)7(5)10/h5-8,10-11H,3-4H2,1-2H3/t5-,6-,7-,8-/m0/s1. The summed E-state index contributed by atoms with van der Waals surface area (Å²) in [6, 6.07) is 0. The molecular formula is C9H16O2. The first-order valence-corrected chi connectivity index (χ1v) is 4.41. The van der Waals surface area contributed by atoms with Crippen LogP contribution in [0.25, 0.3) is 0 Å². The van der Waals surface area contributed by atoms with Crippen molar-refractivity contribution in [2.75, 3.05) is 0 Å². The highest BCUT2D eigenvalue weighted by molar-refractivity contribution is 5.07. The van der Waals surface area contributed by atoms with Gasteiger partial charge >= 0.3 is 0 Å². The summed E-state index contributed by atoms with van der Waals surface area (Å²) >= 11 is 0. The molecule has 2 N–H and O–H groups in total. The highest BCUT2D eigenvalue weighted by Crippen LogP contribution is 2.57. The molecule has 0 aromatic rings. The molecule has 0 heterocycles. The van der Waals surface area contributed by atoms with Gasteiger partial charge < -0.3 is 10.2 Å². The van der Waals surface area contributed by atoms with Crippen LogP contribution in [0.5, 0.6) is 0 Å². The number of aliphatic hydroxyl groups excluding tert-OH is 2. The Kier molecular flexibility index (Phi) is 1.37. The minimum atomic E-state index is -0.455. The lowest BCUT2D eigenvalue weighted by Gasteiger charge is -2.23. The van der Waals surface area contributed by atoms with Crippen LogP contribution in [-0.2, 0) is 0 Å². The molecule has 2 nitrogen and oxygen atoms in total. The van der Waals surface area contributed by atoms with E-state index in [9.17, 15) is 10.2 Å². The normalized spacial score (nSPS) is 53.5. The van der Waals surface area contributed by atoms with E-state index in [1.165, 1.54) is 0 Å². The van der Waals surface area contributed by atoms with E-state index in [2.05, 4.69) is 13.8 Å². The zero-order valence-electron chi connectivity index (χ0n) is 7.12. The van der Waals surface area contributed by atoms with Crippen LogP contribution in [-0.4, -0.2) is 22.4 Å². The summed E-state index contributed by atoms with van der Waals surface area (Å²) in [5.74, 6) is 0.671.